The Morgan fingerprint density at radius 2 is 2.00 bits per heavy atom. The van der Waals surface area contributed by atoms with E-state index in [2.05, 4.69) is 32.7 Å². The zero-order valence-corrected chi connectivity index (χ0v) is 9.01. The van der Waals surface area contributed by atoms with Crippen LogP contribution in [0.2, 0.25) is 0 Å². The Bertz CT molecular complexity index is 131. The molecule has 1 rings (SSSR count). The summed E-state index contributed by atoms with van der Waals surface area (Å²) < 4.78 is 0. The molecule has 1 aliphatic heterocycles. The van der Waals surface area contributed by atoms with Gasteiger partial charge in [-0.1, -0.05) is 20.8 Å². The molecule has 2 unspecified atom stereocenters. The quantitative estimate of drug-likeness (QED) is 0.583. The lowest BCUT2D eigenvalue weighted by Gasteiger charge is -2.27. The van der Waals surface area contributed by atoms with Crippen LogP contribution in [-0.4, -0.2) is 25.0 Å². The minimum Gasteiger partial charge on any atom is -0.306 e. The van der Waals surface area contributed by atoms with Crippen LogP contribution in [0.1, 0.15) is 33.6 Å². The van der Waals surface area contributed by atoms with Crippen molar-refractivity contribution in [2.75, 3.05) is 20.1 Å². The Balaban J connectivity index is 2.54. The van der Waals surface area contributed by atoms with Crippen LogP contribution in [0.5, 0.6) is 0 Å². The van der Waals surface area contributed by atoms with Crippen molar-refractivity contribution in [2.45, 2.75) is 33.6 Å². The Kier molecular flexibility index (Phi) is 3.57. The van der Waals surface area contributed by atoms with E-state index in [0.29, 0.717) is 0 Å². The molecule has 0 aromatic carbocycles. The largest absolute Gasteiger partial charge is 0.306 e. The number of hydrogen-bond donors (Lipinski definition) is 0. The molecule has 1 nitrogen and oxygen atoms in total. The fourth-order valence-electron chi connectivity index (χ4n) is 2.40. The average Bonchev–Trinajstić information content (AvgIpc) is 2.13. The molecule has 0 amide bonds. The van der Waals surface area contributed by atoms with Gasteiger partial charge in [0.15, 0.2) is 0 Å². The first-order valence-electron chi connectivity index (χ1n) is 5.29. The average molecular weight is 169 g/mol. The first-order chi connectivity index (χ1) is 5.61. The van der Waals surface area contributed by atoms with Gasteiger partial charge >= 0.3 is 0 Å². The van der Waals surface area contributed by atoms with Crippen molar-refractivity contribution in [1.82, 2.24) is 4.90 Å². The predicted molar refractivity (Wildman–Crippen MR) is 54.2 cm³/mol. The second-order valence-electron chi connectivity index (χ2n) is 4.79. The van der Waals surface area contributed by atoms with Crippen molar-refractivity contribution < 1.29 is 0 Å². The summed E-state index contributed by atoms with van der Waals surface area (Å²) in [7, 11) is 2.26. The molecule has 1 saturated heterocycles. The normalized spacial score (nSPS) is 33.8. The Hall–Kier alpha value is -0.0400. The van der Waals surface area contributed by atoms with Crippen LogP contribution in [0.15, 0.2) is 0 Å². The van der Waals surface area contributed by atoms with Crippen LogP contribution in [0.4, 0.5) is 0 Å². The number of hydrogen-bond acceptors (Lipinski definition) is 1. The highest BCUT2D eigenvalue weighted by atomic mass is 15.1. The van der Waals surface area contributed by atoms with E-state index in [1.165, 1.54) is 25.9 Å². The van der Waals surface area contributed by atoms with Crippen molar-refractivity contribution in [3.63, 3.8) is 0 Å². The number of rotatable bonds is 1. The maximum atomic E-state index is 2.49. The molecule has 12 heavy (non-hydrogen) atoms. The summed E-state index contributed by atoms with van der Waals surface area (Å²) in [6.45, 7) is 9.75. The van der Waals surface area contributed by atoms with Crippen molar-refractivity contribution >= 4 is 0 Å². The highest BCUT2D eigenvalue weighted by Gasteiger charge is 2.24. The molecule has 0 saturated carbocycles. The summed E-state index contributed by atoms with van der Waals surface area (Å²) in [5.41, 5.74) is 0. The minimum absolute atomic E-state index is 0.848. The van der Waals surface area contributed by atoms with Gasteiger partial charge in [0.1, 0.15) is 0 Å². The van der Waals surface area contributed by atoms with Gasteiger partial charge in [-0.05, 0) is 44.2 Å². The third kappa shape index (κ3) is 2.48. The molecule has 0 N–H and O–H groups in total. The van der Waals surface area contributed by atoms with Gasteiger partial charge in [-0.2, -0.15) is 0 Å². The highest BCUT2D eigenvalue weighted by molar-refractivity contribution is 4.76. The van der Waals surface area contributed by atoms with Gasteiger partial charge in [-0.25, -0.2) is 0 Å². The smallest absolute Gasteiger partial charge is 0.00116 e. The van der Waals surface area contributed by atoms with Crippen molar-refractivity contribution in [2.24, 2.45) is 17.8 Å². The molecular weight excluding hydrogens is 146 g/mol. The predicted octanol–water partition coefficient (Wildman–Crippen LogP) is 2.62. The lowest BCUT2D eigenvalue weighted by Crippen LogP contribution is -2.29. The van der Waals surface area contributed by atoms with E-state index >= 15 is 0 Å². The molecule has 1 heterocycles. The van der Waals surface area contributed by atoms with Crippen LogP contribution in [0.3, 0.4) is 0 Å². The van der Waals surface area contributed by atoms with Gasteiger partial charge in [0.25, 0.3) is 0 Å². The first kappa shape index (κ1) is 10.0. The van der Waals surface area contributed by atoms with Crippen molar-refractivity contribution in [1.29, 1.82) is 0 Å². The topological polar surface area (TPSA) is 3.24 Å². The molecule has 0 spiro atoms. The van der Waals surface area contributed by atoms with Crippen LogP contribution < -0.4 is 0 Å². The van der Waals surface area contributed by atoms with Gasteiger partial charge < -0.3 is 4.90 Å². The molecule has 0 aliphatic carbocycles. The third-order valence-corrected chi connectivity index (χ3v) is 3.31. The van der Waals surface area contributed by atoms with E-state index in [4.69, 9.17) is 0 Å². The summed E-state index contributed by atoms with van der Waals surface area (Å²) in [5, 5.41) is 0. The molecule has 1 heteroatoms. The monoisotopic (exact) mass is 169 g/mol. The van der Waals surface area contributed by atoms with Gasteiger partial charge in [-0.3, -0.25) is 0 Å². The van der Waals surface area contributed by atoms with Crippen LogP contribution in [0.25, 0.3) is 0 Å². The Morgan fingerprint density at radius 1 is 1.33 bits per heavy atom. The van der Waals surface area contributed by atoms with E-state index in [9.17, 15) is 0 Å². The van der Waals surface area contributed by atoms with Crippen molar-refractivity contribution in [3.8, 4) is 0 Å². The van der Waals surface area contributed by atoms with Gasteiger partial charge in [-0.15, -0.1) is 0 Å². The van der Waals surface area contributed by atoms with E-state index in [-0.39, 0.29) is 0 Å². The van der Waals surface area contributed by atoms with E-state index in [1.54, 1.807) is 0 Å². The standard InChI is InChI=1S/C11H23N/c1-9(2)11-8-12(4)7-5-6-10(11)3/h9-11H,5-8H2,1-4H3. The second kappa shape index (κ2) is 4.27. The zero-order chi connectivity index (χ0) is 9.14. The van der Waals surface area contributed by atoms with E-state index < -0.39 is 0 Å². The molecule has 0 radical (unpaired) electrons. The molecule has 1 fully saturated rings. The first-order valence-corrected chi connectivity index (χ1v) is 5.29. The second-order valence-corrected chi connectivity index (χ2v) is 4.79. The van der Waals surface area contributed by atoms with Crippen LogP contribution >= 0.6 is 0 Å². The third-order valence-electron chi connectivity index (χ3n) is 3.31. The van der Waals surface area contributed by atoms with Crippen molar-refractivity contribution in [3.05, 3.63) is 0 Å². The SMILES string of the molecule is CC(C)C1CN(C)CCCC1C. The van der Waals surface area contributed by atoms with E-state index in [0.717, 1.165) is 17.8 Å². The summed E-state index contributed by atoms with van der Waals surface area (Å²) in [6, 6.07) is 0. The molecule has 2 atom stereocenters. The fourth-order valence-corrected chi connectivity index (χ4v) is 2.40. The molecule has 0 aromatic heterocycles. The lowest BCUT2D eigenvalue weighted by molar-refractivity contribution is 0.212. The highest BCUT2D eigenvalue weighted by Crippen LogP contribution is 2.27. The van der Waals surface area contributed by atoms with Crippen LogP contribution in [-0.2, 0) is 0 Å². The number of nitrogens with zero attached hydrogens (tertiary/aromatic N) is 1. The zero-order valence-electron chi connectivity index (χ0n) is 9.01. The fraction of sp³-hybridized carbons (Fsp3) is 1.00. The molecular formula is C11H23N. The minimum atomic E-state index is 0.848. The molecule has 0 aromatic rings. The Morgan fingerprint density at radius 3 is 2.58 bits per heavy atom. The lowest BCUT2D eigenvalue weighted by atomic mass is 9.83. The van der Waals surface area contributed by atoms with Gasteiger partial charge in [0, 0.05) is 6.54 Å². The summed E-state index contributed by atoms with van der Waals surface area (Å²) in [6.07, 6.45) is 2.81. The Labute approximate surface area is 77.1 Å². The maximum Gasteiger partial charge on any atom is 0.00116 e. The summed E-state index contributed by atoms with van der Waals surface area (Å²) in [4.78, 5) is 2.49. The van der Waals surface area contributed by atoms with Gasteiger partial charge in [0.05, 0.1) is 0 Å². The van der Waals surface area contributed by atoms with Crippen LogP contribution in [0, 0.1) is 17.8 Å². The van der Waals surface area contributed by atoms with E-state index in [1.807, 2.05) is 0 Å². The molecule has 72 valence electrons. The maximum absolute atomic E-state index is 2.49. The number of likely N-dealkylation sites (tertiary alicyclic amines) is 1. The summed E-state index contributed by atoms with van der Waals surface area (Å²) in [5.74, 6) is 2.69. The molecule has 0 bridgehead atoms. The summed E-state index contributed by atoms with van der Waals surface area (Å²) >= 11 is 0. The van der Waals surface area contributed by atoms with Gasteiger partial charge in [0.2, 0.25) is 0 Å². The molecule has 1 aliphatic rings.